The number of carbonyl (C=O) groups is 1. The number of rotatable bonds is 5. The molecule has 1 aliphatic heterocycles. The van der Waals surface area contributed by atoms with Gasteiger partial charge in [0.1, 0.15) is 6.54 Å². The van der Waals surface area contributed by atoms with Gasteiger partial charge in [0, 0.05) is 11.4 Å². The van der Waals surface area contributed by atoms with Gasteiger partial charge in [0.25, 0.3) is 10.0 Å². The molecule has 2 aromatic rings. The fourth-order valence-electron chi connectivity index (χ4n) is 4.02. The number of hydrogen-bond donors (Lipinski definition) is 1. The standard InChI is InChI=1S/C19H20N2O3S/c22-17(20-19(13-7-8-13)14-9-10-14)11-21-15-5-1-3-12-4-2-6-16(18(12)15)25(21,23)24/h1-6,13-14,19H,7-11H2,(H,20,22). The van der Waals surface area contributed by atoms with Crippen molar-refractivity contribution in [1.29, 1.82) is 0 Å². The first-order valence-corrected chi connectivity index (χ1v) is 10.3. The number of benzene rings is 2. The van der Waals surface area contributed by atoms with Crippen molar-refractivity contribution in [2.24, 2.45) is 11.8 Å². The number of amides is 1. The van der Waals surface area contributed by atoms with Crippen molar-refractivity contribution < 1.29 is 13.2 Å². The van der Waals surface area contributed by atoms with E-state index in [1.54, 1.807) is 18.2 Å². The number of nitrogens with zero attached hydrogens (tertiary/aromatic N) is 1. The van der Waals surface area contributed by atoms with Gasteiger partial charge in [-0.05, 0) is 55.0 Å². The summed E-state index contributed by atoms with van der Waals surface area (Å²) >= 11 is 0. The zero-order valence-corrected chi connectivity index (χ0v) is 14.6. The van der Waals surface area contributed by atoms with E-state index in [4.69, 9.17) is 0 Å². The first kappa shape index (κ1) is 15.2. The van der Waals surface area contributed by atoms with Crippen LogP contribution in [0.2, 0.25) is 0 Å². The van der Waals surface area contributed by atoms with Gasteiger partial charge in [-0.3, -0.25) is 9.10 Å². The topological polar surface area (TPSA) is 66.5 Å². The molecular weight excluding hydrogens is 336 g/mol. The number of anilines is 1. The van der Waals surface area contributed by atoms with Gasteiger partial charge in [0.15, 0.2) is 0 Å². The van der Waals surface area contributed by atoms with E-state index in [9.17, 15) is 13.2 Å². The summed E-state index contributed by atoms with van der Waals surface area (Å²) in [5.41, 5.74) is 0.609. The fourth-order valence-corrected chi connectivity index (χ4v) is 5.69. The maximum absolute atomic E-state index is 12.9. The van der Waals surface area contributed by atoms with Crippen LogP contribution < -0.4 is 9.62 Å². The molecule has 130 valence electrons. The molecule has 3 aliphatic rings. The van der Waals surface area contributed by atoms with Crippen molar-refractivity contribution in [3.63, 3.8) is 0 Å². The second-order valence-corrected chi connectivity index (χ2v) is 9.24. The van der Waals surface area contributed by atoms with Crippen molar-refractivity contribution >= 4 is 32.4 Å². The highest BCUT2D eigenvalue weighted by Gasteiger charge is 2.43. The highest BCUT2D eigenvalue weighted by molar-refractivity contribution is 7.93. The number of carbonyl (C=O) groups excluding carboxylic acids is 1. The second-order valence-electron chi connectivity index (χ2n) is 7.41. The van der Waals surface area contributed by atoms with Gasteiger partial charge in [-0.25, -0.2) is 8.42 Å². The zero-order valence-electron chi connectivity index (χ0n) is 13.8. The quantitative estimate of drug-likeness (QED) is 0.896. The summed E-state index contributed by atoms with van der Waals surface area (Å²) in [6.07, 6.45) is 4.70. The SMILES string of the molecule is O=C(CN1c2cccc3cccc(c23)S1(=O)=O)NC(C1CC1)C1CC1. The van der Waals surface area contributed by atoms with E-state index >= 15 is 0 Å². The molecule has 0 spiro atoms. The first-order chi connectivity index (χ1) is 12.1. The van der Waals surface area contributed by atoms with Gasteiger partial charge in [-0.1, -0.05) is 24.3 Å². The predicted molar refractivity (Wildman–Crippen MR) is 95.9 cm³/mol. The molecule has 0 aromatic heterocycles. The van der Waals surface area contributed by atoms with E-state index in [0.29, 0.717) is 22.4 Å². The minimum Gasteiger partial charge on any atom is -0.351 e. The van der Waals surface area contributed by atoms with Crippen LogP contribution in [0.1, 0.15) is 25.7 Å². The third kappa shape index (κ3) is 2.42. The van der Waals surface area contributed by atoms with Gasteiger partial charge in [0.05, 0.1) is 10.6 Å². The Bertz CT molecular complexity index is 960. The summed E-state index contributed by atoms with van der Waals surface area (Å²) in [6, 6.07) is 11.0. The van der Waals surface area contributed by atoms with Crippen LogP contribution in [-0.2, 0) is 14.8 Å². The van der Waals surface area contributed by atoms with Crippen molar-refractivity contribution in [2.75, 3.05) is 10.8 Å². The van der Waals surface area contributed by atoms with Gasteiger partial charge in [-0.2, -0.15) is 0 Å². The molecule has 2 fully saturated rings. The van der Waals surface area contributed by atoms with Gasteiger partial charge in [0.2, 0.25) is 5.91 Å². The Balaban J connectivity index is 1.44. The highest BCUT2D eigenvalue weighted by Crippen LogP contribution is 2.45. The molecule has 25 heavy (non-hydrogen) atoms. The summed E-state index contributed by atoms with van der Waals surface area (Å²) in [4.78, 5) is 12.9. The molecule has 0 unspecified atom stereocenters. The van der Waals surface area contributed by atoms with E-state index in [1.807, 2.05) is 18.2 Å². The van der Waals surface area contributed by atoms with E-state index in [1.165, 1.54) is 30.0 Å². The predicted octanol–water partition coefficient (Wildman–Crippen LogP) is 2.65. The van der Waals surface area contributed by atoms with Crippen LogP contribution in [0.3, 0.4) is 0 Å². The van der Waals surface area contributed by atoms with Crippen LogP contribution in [0.25, 0.3) is 10.8 Å². The Morgan fingerprint density at radius 1 is 1.08 bits per heavy atom. The van der Waals surface area contributed by atoms with Crippen molar-refractivity contribution in [3.05, 3.63) is 36.4 Å². The molecule has 6 heteroatoms. The summed E-state index contributed by atoms with van der Waals surface area (Å²) in [5.74, 6) is 0.983. The molecule has 2 aliphatic carbocycles. The zero-order chi connectivity index (χ0) is 17.2. The number of hydrogen-bond acceptors (Lipinski definition) is 3. The van der Waals surface area contributed by atoms with E-state index in [0.717, 1.165) is 10.8 Å². The summed E-state index contributed by atoms with van der Waals surface area (Å²) in [7, 11) is -3.67. The van der Waals surface area contributed by atoms with Gasteiger partial charge in [-0.15, -0.1) is 0 Å². The molecule has 0 radical (unpaired) electrons. The van der Waals surface area contributed by atoms with Crippen LogP contribution >= 0.6 is 0 Å². The summed E-state index contributed by atoms with van der Waals surface area (Å²) in [6.45, 7) is -0.147. The average molecular weight is 356 g/mol. The molecule has 5 nitrogen and oxygen atoms in total. The molecule has 1 heterocycles. The Morgan fingerprint density at radius 2 is 1.72 bits per heavy atom. The molecule has 0 saturated heterocycles. The lowest BCUT2D eigenvalue weighted by molar-refractivity contribution is -0.120. The molecule has 0 atom stereocenters. The molecule has 1 N–H and O–H groups in total. The minimum absolute atomic E-state index is 0.147. The molecule has 2 saturated carbocycles. The maximum Gasteiger partial charge on any atom is 0.265 e. The number of nitrogens with one attached hydrogen (secondary N) is 1. The average Bonchev–Trinajstić information content (AvgIpc) is 3.49. The Labute approximate surface area is 147 Å². The van der Waals surface area contributed by atoms with Gasteiger partial charge < -0.3 is 5.32 Å². The van der Waals surface area contributed by atoms with Crippen LogP contribution in [0.4, 0.5) is 5.69 Å². The van der Waals surface area contributed by atoms with E-state index < -0.39 is 10.0 Å². The lowest BCUT2D eigenvalue weighted by Crippen LogP contribution is -2.44. The third-order valence-corrected chi connectivity index (χ3v) is 7.36. The Kier molecular flexibility index (Phi) is 3.17. The molecular formula is C19H20N2O3S. The maximum atomic E-state index is 12.9. The largest absolute Gasteiger partial charge is 0.351 e. The molecule has 1 amide bonds. The summed E-state index contributed by atoms with van der Waals surface area (Å²) in [5, 5.41) is 4.72. The lowest BCUT2D eigenvalue weighted by atomic mass is 10.1. The van der Waals surface area contributed by atoms with E-state index in [-0.39, 0.29) is 18.5 Å². The molecule has 5 rings (SSSR count). The Hall–Kier alpha value is -2.08. The number of sulfonamides is 1. The molecule has 2 aromatic carbocycles. The monoisotopic (exact) mass is 356 g/mol. The van der Waals surface area contributed by atoms with Crippen molar-refractivity contribution in [3.8, 4) is 0 Å². The Morgan fingerprint density at radius 3 is 2.36 bits per heavy atom. The third-order valence-electron chi connectivity index (χ3n) is 5.56. The van der Waals surface area contributed by atoms with Gasteiger partial charge >= 0.3 is 0 Å². The van der Waals surface area contributed by atoms with Crippen molar-refractivity contribution in [2.45, 2.75) is 36.6 Å². The minimum atomic E-state index is -3.67. The normalized spacial score (nSPS) is 21.1. The lowest BCUT2D eigenvalue weighted by Gasteiger charge is -2.22. The smallest absolute Gasteiger partial charge is 0.265 e. The van der Waals surface area contributed by atoms with Crippen molar-refractivity contribution in [1.82, 2.24) is 5.32 Å². The first-order valence-electron chi connectivity index (χ1n) is 8.89. The fraction of sp³-hybridized carbons (Fsp3) is 0.421. The van der Waals surface area contributed by atoms with Crippen LogP contribution in [-0.4, -0.2) is 26.9 Å². The van der Waals surface area contributed by atoms with Crippen LogP contribution in [0, 0.1) is 11.8 Å². The second kappa shape index (κ2) is 5.21. The van der Waals surface area contributed by atoms with E-state index in [2.05, 4.69) is 5.32 Å². The molecule has 0 bridgehead atoms. The summed E-state index contributed by atoms with van der Waals surface area (Å²) < 4.78 is 27.1. The van der Waals surface area contributed by atoms with Crippen LogP contribution in [0.5, 0.6) is 0 Å². The van der Waals surface area contributed by atoms with Crippen LogP contribution in [0.15, 0.2) is 41.3 Å². The highest BCUT2D eigenvalue weighted by atomic mass is 32.2.